The van der Waals surface area contributed by atoms with E-state index in [0.29, 0.717) is 0 Å². The SMILES string of the molecule is C=CCc1ccccc1OC(CCC)CNC(C)(C)C. The van der Waals surface area contributed by atoms with E-state index in [1.54, 1.807) is 0 Å². The Labute approximate surface area is 124 Å². The summed E-state index contributed by atoms with van der Waals surface area (Å²) in [5.74, 6) is 0.988. The van der Waals surface area contributed by atoms with Crippen LogP contribution in [-0.4, -0.2) is 18.2 Å². The molecule has 112 valence electrons. The second-order valence-electron chi connectivity index (χ2n) is 6.26. The molecule has 0 aliphatic carbocycles. The number of para-hydroxylation sites is 1. The summed E-state index contributed by atoms with van der Waals surface area (Å²) in [6, 6.07) is 8.24. The highest BCUT2D eigenvalue weighted by Gasteiger charge is 2.16. The predicted molar refractivity (Wildman–Crippen MR) is 87.4 cm³/mol. The Morgan fingerprint density at radius 2 is 2.00 bits per heavy atom. The molecule has 20 heavy (non-hydrogen) atoms. The van der Waals surface area contributed by atoms with Crippen molar-refractivity contribution < 1.29 is 4.74 Å². The highest BCUT2D eigenvalue weighted by Crippen LogP contribution is 2.21. The molecule has 0 amide bonds. The number of allylic oxidation sites excluding steroid dienone is 1. The zero-order chi connectivity index (χ0) is 15.0. The van der Waals surface area contributed by atoms with E-state index >= 15 is 0 Å². The smallest absolute Gasteiger partial charge is 0.123 e. The first kappa shape index (κ1) is 16.8. The van der Waals surface area contributed by atoms with Crippen molar-refractivity contribution in [3.8, 4) is 5.75 Å². The molecule has 0 fully saturated rings. The minimum Gasteiger partial charge on any atom is -0.489 e. The molecule has 1 atom stereocenters. The van der Waals surface area contributed by atoms with Crippen LogP contribution in [0.2, 0.25) is 0 Å². The Morgan fingerprint density at radius 3 is 2.60 bits per heavy atom. The molecular formula is C18H29NO. The molecule has 1 rings (SSSR count). The molecule has 2 heteroatoms. The van der Waals surface area contributed by atoms with Crippen molar-refractivity contribution in [2.75, 3.05) is 6.54 Å². The summed E-state index contributed by atoms with van der Waals surface area (Å²) in [4.78, 5) is 0. The van der Waals surface area contributed by atoms with Gasteiger partial charge in [0.05, 0.1) is 0 Å². The Balaban J connectivity index is 2.71. The lowest BCUT2D eigenvalue weighted by Gasteiger charge is -2.26. The molecule has 0 aliphatic rings. The van der Waals surface area contributed by atoms with Gasteiger partial charge in [-0.05, 0) is 45.2 Å². The van der Waals surface area contributed by atoms with E-state index in [1.807, 2.05) is 18.2 Å². The molecule has 2 nitrogen and oxygen atoms in total. The van der Waals surface area contributed by atoms with Crippen LogP contribution in [0.3, 0.4) is 0 Å². The van der Waals surface area contributed by atoms with Gasteiger partial charge in [-0.1, -0.05) is 37.6 Å². The molecule has 1 aromatic rings. The lowest BCUT2D eigenvalue weighted by molar-refractivity contribution is 0.173. The Kier molecular flexibility index (Phi) is 6.80. The van der Waals surface area contributed by atoms with E-state index in [-0.39, 0.29) is 11.6 Å². The lowest BCUT2D eigenvalue weighted by Crippen LogP contribution is -2.42. The van der Waals surface area contributed by atoms with E-state index in [4.69, 9.17) is 4.74 Å². The first-order chi connectivity index (χ1) is 9.46. The number of hydrogen-bond acceptors (Lipinski definition) is 2. The molecule has 0 heterocycles. The predicted octanol–water partition coefficient (Wildman–Crippen LogP) is 4.35. The van der Waals surface area contributed by atoms with Crippen LogP contribution in [0, 0.1) is 0 Å². The minimum atomic E-state index is 0.121. The normalized spacial score (nSPS) is 13.0. The van der Waals surface area contributed by atoms with Crippen LogP contribution in [-0.2, 0) is 6.42 Å². The van der Waals surface area contributed by atoms with Gasteiger partial charge in [-0.3, -0.25) is 0 Å². The first-order valence-electron chi connectivity index (χ1n) is 7.56. The average molecular weight is 275 g/mol. The van der Waals surface area contributed by atoms with Crippen LogP contribution in [0.15, 0.2) is 36.9 Å². The second kappa shape index (κ2) is 8.11. The topological polar surface area (TPSA) is 21.3 Å². The van der Waals surface area contributed by atoms with Crippen molar-refractivity contribution in [3.63, 3.8) is 0 Å². The maximum absolute atomic E-state index is 6.22. The molecule has 0 bridgehead atoms. The van der Waals surface area contributed by atoms with Crippen LogP contribution in [0.25, 0.3) is 0 Å². The summed E-state index contributed by atoms with van der Waals surface area (Å²) in [5.41, 5.74) is 1.33. The lowest BCUT2D eigenvalue weighted by atomic mass is 10.1. The molecule has 0 saturated heterocycles. The number of nitrogens with one attached hydrogen (secondary N) is 1. The van der Waals surface area contributed by atoms with Crippen LogP contribution in [0.4, 0.5) is 0 Å². The summed E-state index contributed by atoms with van der Waals surface area (Å²) >= 11 is 0. The Bertz CT molecular complexity index is 406. The average Bonchev–Trinajstić information content (AvgIpc) is 2.38. The van der Waals surface area contributed by atoms with Gasteiger partial charge in [0.25, 0.3) is 0 Å². The van der Waals surface area contributed by atoms with Crippen molar-refractivity contribution in [2.45, 2.75) is 58.6 Å². The minimum absolute atomic E-state index is 0.121. The van der Waals surface area contributed by atoms with Gasteiger partial charge >= 0.3 is 0 Å². The van der Waals surface area contributed by atoms with Gasteiger partial charge in [-0.2, -0.15) is 0 Å². The first-order valence-corrected chi connectivity index (χ1v) is 7.56. The summed E-state index contributed by atoms with van der Waals surface area (Å²) in [5, 5.41) is 3.53. The monoisotopic (exact) mass is 275 g/mol. The van der Waals surface area contributed by atoms with Crippen molar-refractivity contribution in [1.82, 2.24) is 5.32 Å². The zero-order valence-corrected chi connectivity index (χ0v) is 13.4. The van der Waals surface area contributed by atoms with Crippen LogP contribution < -0.4 is 10.1 Å². The molecule has 1 N–H and O–H groups in total. The quantitative estimate of drug-likeness (QED) is 0.712. The fourth-order valence-corrected chi connectivity index (χ4v) is 2.07. The summed E-state index contributed by atoms with van der Waals surface area (Å²) < 4.78 is 6.22. The van der Waals surface area contributed by atoms with Crippen LogP contribution >= 0.6 is 0 Å². The van der Waals surface area contributed by atoms with Gasteiger partial charge in [0, 0.05) is 12.1 Å². The third kappa shape index (κ3) is 6.25. The molecule has 0 aromatic heterocycles. The molecule has 0 spiro atoms. The third-order valence-electron chi connectivity index (χ3n) is 3.10. The van der Waals surface area contributed by atoms with Gasteiger partial charge < -0.3 is 10.1 Å². The van der Waals surface area contributed by atoms with E-state index < -0.39 is 0 Å². The highest BCUT2D eigenvalue weighted by atomic mass is 16.5. The van der Waals surface area contributed by atoms with Gasteiger partial charge in [0.1, 0.15) is 11.9 Å². The molecule has 1 aromatic carbocycles. The van der Waals surface area contributed by atoms with Crippen molar-refractivity contribution >= 4 is 0 Å². The fraction of sp³-hybridized carbons (Fsp3) is 0.556. The van der Waals surface area contributed by atoms with Crippen molar-refractivity contribution in [3.05, 3.63) is 42.5 Å². The standard InChI is InChI=1S/C18H29NO/c1-6-10-15-12-8-9-13-17(15)20-16(11-7-2)14-19-18(3,4)5/h6,8-9,12-13,16,19H,1,7,10-11,14H2,2-5H3. The van der Waals surface area contributed by atoms with Gasteiger partial charge in [-0.15, -0.1) is 6.58 Å². The summed E-state index contributed by atoms with van der Waals surface area (Å²) in [6.45, 7) is 13.4. The zero-order valence-electron chi connectivity index (χ0n) is 13.4. The number of hydrogen-bond donors (Lipinski definition) is 1. The largest absolute Gasteiger partial charge is 0.489 e. The summed E-state index contributed by atoms with van der Waals surface area (Å²) in [7, 11) is 0. The highest BCUT2D eigenvalue weighted by molar-refractivity contribution is 5.34. The van der Waals surface area contributed by atoms with E-state index in [9.17, 15) is 0 Å². The molecule has 0 saturated carbocycles. The molecule has 0 radical (unpaired) electrons. The second-order valence-corrected chi connectivity index (χ2v) is 6.26. The van der Waals surface area contributed by atoms with Crippen molar-refractivity contribution in [2.24, 2.45) is 0 Å². The van der Waals surface area contributed by atoms with Gasteiger partial charge in [-0.25, -0.2) is 0 Å². The fourth-order valence-electron chi connectivity index (χ4n) is 2.07. The van der Waals surface area contributed by atoms with E-state index in [1.165, 1.54) is 5.56 Å². The van der Waals surface area contributed by atoms with Gasteiger partial charge in [0.2, 0.25) is 0 Å². The van der Waals surface area contributed by atoms with E-state index in [2.05, 4.69) is 51.7 Å². The number of benzene rings is 1. The Morgan fingerprint density at radius 1 is 1.30 bits per heavy atom. The van der Waals surface area contributed by atoms with Gasteiger partial charge in [0.15, 0.2) is 0 Å². The number of rotatable bonds is 8. The van der Waals surface area contributed by atoms with Crippen LogP contribution in [0.1, 0.15) is 46.1 Å². The maximum atomic E-state index is 6.22. The van der Waals surface area contributed by atoms with Crippen molar-refractivity contribution in [1.29, 1.82) is 0 Å². The Hall–Kier alpha value is -1.28. The number of ether oxygens (including phenoxy) is 1. The van der Waals surface area contributed by atoms with E-state index in [0.717, 1.165) is 31.6 Å². The summed E-state index contributed by atoms with van der Waals surface area (Å²) in [6.07, 6.45) is 5.17. The molecular weight excluding hydrogens is 246 g/mol. The van der Waals surface area contributed by atoms with Crippen LogP contribution in [0.5, 0.6) is 5.75 Å². The molecule has 1 unspecified atom stereocenters. The molecule has 0 aliphatic heterocycles. The maximum Gasteiger partial charge on any atom is 0.123 e. The third-order valence-corrected chi connectivity index (χ3v) is 3.10.